The van der Waals surface area contributed by atoms with E-state index in [2.05, 4.69) is 43.1 Å². The van der Waals surface area contributed by atoms with Crippen molar-refractivity contribution >= 4 is 11.8 Å². The van der Waals surface area contributed by atoms with E-state index in [0.717, 1.165) is 50.0 Å². The van der Waals surface area contributed by atoms with E-state index in [1.807, 2.05) is 0 Å². The van der Waals surface area contributed by atoms with Crippen LogP contribution in [0.3, 0.4) is 0 Å². The third-order valence-corrected chi connectivity index (χ3v) is 3.84. The lowest BCUT2D eigenvalue weighted by Crippen LogP contribution is -2.86. The molecule has 0 bridgehead atoms. The van der Waals surface area contributed by atoms with Gasteiger partial charge in [0.15, 0.2) is 0 Å². The molecule has 0 aromatic carbocycles. The van der Waals surface area contributed by atoms with E-state index < -0.39 is 0 Å². The Morgan fingerprint density at radius 2 is 1.61 bits per heavy atom. The predicted molar refractivity (Wildman–Crippen MR) is 93.8 cm³/mol. The summed E-state index contributed by atoms with van der Waals surface area (Å²) in [6.07, 6.45) is 4.84. The van der Waals surface area contributed by atoms with E-state index in [1.54, 1.807) is 0 Å². The average molecular weight is 326 g/mol. The number of hydrogen-bond acceptors (Lipinski definition) is 2. The van der Waals surface area contributed by atoms with E-state index in [-0.39, 0.29) is 11.8 Å². The summed E-state index contributed by atoms with van der Waals surface area (Å²) in [6, 6.07) is 0. The fourth-order valence-corrected chi connectivity index (χ4v) is 2.53. The van der Waals surface area contributed by atoms with Crippen LogP contribution < -0.4 is 16.0 Å². The van der Waals surface area contributed by atoms with Gasteiger partial charge in [0.2, 0.25) is 11.8 Å². The Morgan fingerprint density at radius 1 is 1.00 bits per heavy atom. The summed E-state index contributed by atoms with van der Waals surface area (Å²) in [5, 5.41) is 7.84. The van der Waals surface area contributed by atoms with E-state index in [0.29, 0.717) is 13.1 Å². The molecule has 4 N–H and O–H groups in total. The number of nitrogens with zero attached hydrogens (tertiary/aromatic N) is 1. The van der Waals surface area contributed by atoms with Crippen LogP contribution >= 0.6 is 0 Å². The van der Waals surface area contributed by atoms with Crippen molar-refractivity contribution in [3.05, 3.63) is 25.3 Å². The Hall–Kier alpha value is -1.66. The topological polar surface area (TPSA) is 74.8 Å². The molecule has 0 saturated heterocycles. The third-order valence-electron chi connectivity index (χ3n) is 3.84. The number of amides is 2. The van der Waals surface area contributed by atoms with Crippen LogP contribution in [0.15, 0.2) is 25.3 Å². The first kappa shape index (κ1) is 21.3. The molecule has 0 aromatic rings. The molecule has 0 fully saturated rings. The van der Waals surface area contributed by atoms with Crippen molar-refractivity contribution < 1.29 is 19.4 Å². The highest BCUT2D eigenvalue weighted by Crippen LogP contribution is 2.04. The van der Waals surface area contributed by atoms with Crippen LogP contribution in [0, 0.1) is 0 Å². The fraction of sp³-hybridized carbons (Fsp3) is 0.647. The molecule has 2 amide bonds. The highest BCUT2D eigenvalue weighted by atomic mass is 16.2. The Kier molecular flexibility index (Phi) is 11.9. The lowest BCUT2D eigenvalue weighted by molar-refractivity contribution is -0.909. The van der Waals surface area contributed by atoms with Crippen LogP contribution in [0.4, 0.5) is 0 Å². The summed E-state index contributed by atoms with van der Waals surface area (Å²) in [7, 11) is 2.24. The number of rotatable bonds is 14. The van der Waals surface area contributed by atoms with Gasteiger partial charge in [0, 0.05) is 6.42 Å². The number of carbonyl (C=O) groups is 2. The second kappa shape index (κ2) is 12.8. The lowest BCUT2D eigenvalue weighted by Gasteiger charge is -2.34. The van der Waals surface area contributed by atoms with Crippen LogP contribution in [0.25, 0.3) is 0 Å². The molecule has 0 aliphatic rings. The van der Waals surface area contributed by atoms with Gasteiger partial charge < -0.3 is 20.4 Å². The molecule has 0 spiro atoms. The maximum absolute atomic E-state index is 11.2. The van der Waals surface area contributed by atoms with Gasteiger partial charge in [-0.15, -0.1) is 0 Å². The number of hydrogen-bond donors (Lipinski definition) is 3. The fourth-order valence-electron chi connectivity index (χ4n) is 2.53. The van der Waals surface area contributed by atoms with Gasteiger partial charge in [-0.1, -0.05) is 20.1 Å². The highest BCUT2D eigenvalue weighted by molar-refractivity contribution is 5.87. The van der Waals surface area contributed by atoms with Gasteiger partial charge in [0.05, 0.1) is 52.9 Å². The van der Waals surface area contributed by atoms with Gasteiger partial charge in [-0.05, 0) is 18.6 Å². The maximum atomic E-state index is 11.2. The van der Waals surface area contributed by atoms with Crippen molar-refractivity contribution in [3.63, 3.8) is 0 Å². The molecule has 0 saturated carbocycles. The van der Waals surface area contributed by atoms with Crippen LogP contribution in [0.2, 0.25) is 0 Å². The molecule has 0 heterocycles. The van der Waals surface area contributed by atoms with Gasteiger partial charge in [0.1, 0.15) is 0 Å². The summed E-state index contributed by atoms with van der Waals surface area (Å²) in [5.41, 5.74) is 0. The van der Waals surface area contributed by atoms with Gasteiger partial charge in [-0.3, -0.25) is 9.59 Å². The first-order valence-electron chi connectivity index (χ1n) is 8.43. The molecule has 0 rings (SSSR count). The molecule has 0 aromatic heterocycles. The minimum atomic E-state index is -0.118. The number of likely N-dealkylation sites (N-methyl/N-ethyl adjacent to an activating group) is 1. The number of carbonyl (C=O) groups excluding carboxylic acids is 2. The molecular formula is C17H34N4O2+2. The molecular weight excluding hydrogens is 292 g/mol. The number of nitrogens with one attached hydrogen (secondary N) is 2. The van der Waals surface area contributed by atoms with Crippen LogP contribution in [-0.4, -0.2) is 69.2 Å². The Morgan fingerprint density at radius 3 is 2.17 bits per heavy atom. The SMILES string of the molecule is C=CC(=O)NCC[NH2+]CCC[N+](C)(CCC)CCNC(=O)C=C. The summed E-state index contributed by atoms with van der Waals surface area (Å²) in [6.45, 7) is 15.5. The van der Waals surface area contributed by atoms with Crippen molar-refractivity contribution in [2.24, 2.45) is 0 Å². The smallest absolute Gasteiger partial charge is 0.243 e. The monoisotopic (exact) mass is 326 g/mol. The molecule has 6 heteroatoms. The maximum Gasteiger partial charge on any atom is 0.243 e. The normalized spacial score (nSPS) is 13.0. The third kappa shape index (κ3) is 11.5. The average Bonchev–Trinajstić information content (AvgIpc) is 2.53. The second-order valence-corrected chi connectivity index (χ2v) is 6.00. The first-order chi connectivity index (χ1) is 11.0. The zero-order chi connectivity index (χ0) is 17.6. The molecule has 0 aliphatic carbocycles. The summed E-state index contributed by atoms with van der Waals surface area (Å²) >= 11 is 0. The quantitative estimate of drug-likeness (QED) is 0.227. The Labute approximate surface area is 140 Å². The van der Waals surface area contributed by atoms with Crippen molar-refractivity contribution in [3.8, 4) is 0 Å². The van der Waals surface area contributed by atoms with E-state index in [4.69, 9.17) is 0 Å². The molecule has 0 radical (unpaired) electrons. The van der Waals surface area contributed by atoms with E-state index >= 15 is 0 Å². The molecule has 1 atom stereocenters. The van der Waals surface area contributed by atoms with E-state index in [9.17, 15) is 9.59 Å². The second-order valence-electron chi connectivity index (χ2n) is 6.00. The highest BCUT2D eigenvalue weighted by Gasteiger charge is 2.20. The van der Waals surface area contributed by atoms with Gasteiger partial charge in [-0.25, -0.2) is 0 Å². The lowest BCUT2D eigenvalue weighted by atomic mass is 10.2. The standard InChI is InChI=1S/C17H32N4O2/c1-5-13-21(4,15-12-20-17(23)7-3)14-8-9-18-10-11-19-16(22)6-2/h6-7,18H,2-3,5,8-15H2,1,4H3,(H-,19,20,22,23)/p+2. The molecule has 23 heavy (non-hydrogen) atoms. The van der Waals surface area contributed by atoms with Crippen molar-refractivity contribution in [2.45, 2.75) is 19.8 Å². The largest absolute Gasteiger partial charge is 0.347 e. The zero-order valence-electron chi connectivity index (χ0n) is 14.8. The van der Waals surface area contributed by atoms with Crippen LogP contribution in [0.5, 0.6) is 0 Å². The van der Waals surface area contributed by atoms with Gasteiger partial charge >= 0.3 is 0 Å². The summed E-state index contributed by atoms with van der Waals surface area (Å²) < 4.78 is 0.967. The summed E-state index contributed by atoms with van der Waals surface area (Å²) in [4.78, 5) is 22.2. The Bertz CT molecular complexity index is 385. The predicted octanol–water partition coefficient (Wildman–Crippen LogP) is -0.599. The van der Waals surface area contributed by atoms with Gasteiger partial charge in [0.25, 0.3) is 0 Å². The van der Waals surface area contributed by atoms with Crippen molar-refractivity contribution in [1.29, 1.82) is 0 Å². The molecule has 0 aliphatic heterocycles. The first-order valence-corrected chi connectivity index (χ1v) is 8.43. The number of nitrogens with two attached hydrogens (primary N) is 1. The minimum absolute atomic E-state index is 0.108. The molecule has 1 unspecified atom stereocenters. The van der Waals surface area contributed by atoms with Crippen LogP contribution in [-0.2, 0) is 9.59 Å². The minimum Gasteiger partial charge on any atom is -0.347 e. The van der Waals surface area contributed by atoms with Crippen LogP contribution in [0.1, 0.15) is 19.8 Å². The zero-order valence-corrected chi connectivity index (χ0v) is 14.8. The summed E-state index contributed by atoms with van der Waals surface area (Å²) in [5.74, 6) is -0.227. The van der Waals surface area contributed by atoms with Gasteiger partial charge in [-0.2, -0.15) is 0 Å². The van der Waals surface area contributed by atoms with Crippen molar-refractivity contribution in [2.75, 3.05) is 52.9 Å². The Balaban J connectivity index is 3.89. The molecule has 6 nitrogen and oxygen atoms in total. The van der Waals surface area contributed by atoms with Crippen molar-refractivity contribution in [1.82, 2.24) is 10.6 Å². The number of quaternary nitrogens is 2. The molecule has 132 valence electrons. The van der Waals surface area contributed by atoms with E-state index in [1.165, 1.54) is 12.2 Å².